The van der Waals surface area contributed by atoms with Crippen molar-refractivity contribution in [3.63, 3.8) is 0 Å². The molecule has 1 unspecified atom stereocenters. The van der Waals surface area contributed by atoms with Gasteiger partial charge in [0.25, 0.3) is 35.4 Å². The third-order valence-electron chi connectivity index (χ3n) is 10.8. The monoisotopic (exact) mass is 887 g/mol. The second-order valence-electron chi connectivity index (χ2n) is 16.2. The lowest BCUT2D eigenvalue weighted by atomic mass is 9.99. The summed E-state index contributed by atoms with van der Waals surface area (Å²) in [5.41, 5.74) is -1.06. The van der Waals surface area contributed by atoms with Gasteiger partial charge in [-0.2, -0.15) is 0 Å². The Morgan fingerprint density at radius 3 is 1.84 bits per heavy atom. The maximum absolute atomic E-state index is 13.4. The normalized spacial score (nSPS) is 16.5. The lowest BCUT2D eigenvalue weighted by molar-refractivity contribution is -0.197. The molecule has 348 valence electrons. The van der Waals surface area contributed by atoms with Crippen LogP contribution in [0.1, 0.15) is 105 Å². The second-order valence-corrected chi connectivity index (χ2v) is 16.2. The predicted molar refractivity (Wildman–Crippen MR) is 221 cm³/mol. The lowest BCUT2D eigenvalue weighted by Crippen LogP contribution is -2.47. The average molecular weight is 888 g/mol. The molecule has 3 heterocycles. The number of amides is 10. The van der Waals surface area contributed by atoms with E-state index in [1.165, 1.54) is 4.90 Å². The number of carbonyl (C=O) groups excluding carboxylic acids is 11. The fourth-order valence-electron chi connectivity index (χ4n) is 6.56. The molecule has 2 atom stereocenters. The van der Waals surface area contributed by atoms with E-state index < -0.39 is 70.8 Å². The summed E-state index contributed by atoms with van der Waals surface area (Å²) in [6.45, 7) is 7.71. The van der Waals surface area contributed by atoms with E-state index in [1.807, 2.05) is 27.7 Å². The Labute approximate surface area is 366 Å². The van der Waals surface area contributed by atoms with Gasteiger partial charge in [-0.05, 0) is 59.3 Å². The van der Waals surface area contributed by atoms with E-state index in [0.717, 1.165) is 40.5 Å². The molecule has 3 rings (SSSR count). The number of imide groups is 3. The summed E-state index contributed by atoms with van der Waals surface area (Å²) in [4.78, 5) is 145. The zero-order chi connectivity index (χ0) is 46.7. The van der Waals surface area contributed by atoms with Crippen LogP contribution in [0.2, 0.25) is 0 Å². The fraction of sp³-hybridized carbons (Fsp3) is 0.643. The zero-order valence-corrected chi connectivity index (χ0v) is 36.8. The van der Waals surface area contributed by atoms with Gasteiger partial charge in [0.2, 0.25) is 23.6 Å². The standard InChI is InChI=1S/C42H61N7O14/c1-6-42(4,61-5)20-27-62-41(2,3)28-31(51)43-21-8-7-10-29(40(60)44-22-9-11-39(59)63-49-37(57)18-19-38(49)58)45-30(50)12-13-32(52)46(23-25-47-33(53)14-15-34(47)54)24-26-48-35(55)16-17-36(48)56/h14-17,29H,6-13,18-28H2,1-5H3,(H,43,51)(H,44,60)(H,45,50)/t29-,42?/m0/s1. The van der Waals surface area contributed by atoms with E-state index in [4.69, 9.17) is 14.3 Å². The minimum Gasteiger partial charge on any atom is -0.378 e. The van der Waals surface area contributed by atoms with Gasteiger partial charge in [0, 0.05) is 103 Å². The largest absolute Gasteiger partial charge is 0.378 e. The van der Waals surface area contributed by atoms with Gasteiger partial charge in [-0.3, -0.25) is 57.7 Å². The molecule has 3 N–H and O–H groups in total. The third-order valence-corrected chi connectivity index (χ3v) is 10.8. The molecule has 3 aliphatic heterocycles. The first-order valence-corrected chi connectivity index (χ1v) is 21.2. The Bertz CT molecular complexity index is 1710. The van der Waals surface area contributed by atoms with Crippen molar-refractivity contribution in [3.05, 3.63) is 24.3 Å². The molecule has 0 aromatic carbocycles. The number of ether oxygens (including phenoxy) is 2. The Kier molecular flexibility index (Phi) is 20.2. The smallest absolute Gasteiger partial charge is 0.333 e. The summed E-state index contributed by atoms with van der Waals surface area (Å²) < 4.78 is 11.5. The predicted octanol–water partition coefficient (Wildman–Crippen LogP) is 0.111. The van der Waals surface area contributed by atoms with Crippen LogP contribution in [0.3, 0.4) is 0 Å². The first-order chi connectivity index (χ1) is 29.8. The Morgan fingerprint density at radius 1 is 0.746 bits per heavy atom. The molecule has 0 aromatic heterocycles. The summed E-state index contributed by atoms with van der Waals surface area (Å²) in [5.74, 6) is -6.40. The Balaban J connectivity index is 1.55. The van der Waals surface area contributed by atoms with Crippen LogP contribution in [0.5, 0.6) is 0 Å². The van der Waals surface area contributed by atoms with E-state index in [9.17, 15) is 52.7 Å². The number of unbranched alkanes of at least 4 members (excludes halogenated alkanes) is 1. The number of hydrogen-bond donors (Lipinski definition) is 3. The number of methoxy groups -OCH3 is 1. The number of rotatable bonds is 29. The maximum atomic E-state index is 13.4. The van der Waals surface area contributed by atoms with E-state index >= 15 is 0 Å². The van der Waals surface area contributed by atoms with E-state index in [-0.39, 0.29) is 102 Å². The van der Waals surface area contributed by atoms with Gasteiger partial charge in [0.1, 0.15) is 6.04 Å². The van der Waals surface area contributed by atoms with E-state index in [0.29, 0.717) is 30.9 Å². The summed E-state index contributed by atoms with van der Waals surface area (Å²) in [6, 6.07) is -1.08. The fourth-order valence-corrected chi connectivity index (χ4v) is 6.56. The zero-order valence-electron chi connectivity index (χ0n) is 36.8. The molecule has 3 aliphatic rings. The lowest BCUT2D eigenvalue weighted by Gasteiger charge is -2.30. The van der Waals surface area contributed by atoms with Crippen molar-refractivity contribution >= 4 is 65.0 Å². The van der Waals surface area contributed by atoms with Crippen molar-refractivity contribution in [2.24, 2.45) is 0 Å². The van der Waals surface area contributed by atoms with Gasteiger partial charge in [0.15, 0.2) is 0 Å². The van der Waals surface area contributed by atoms with Gasteiger partial charge < -0.3 is 35.2 Å². The van der Waals surface area contributed by atoms with Crippen LogP contribution >= 0.6 is 0 Å². The van der Waals surface area contributed by atoms with Crippen molar-refractivity contribution < 1.29 is 67.1 Å². The van der Waals surface area contributed by atoms with Crippen LogP contribution in [0.25, 0.3) is 0 Å². The average Bonchev–Trinajstić information content (AvgIpc) is 3.86. The molecule has 0 aromatic rings. The molecular weight excluding hydrogens is 826 g/mol. The number of nitrogens with zero attached hydrogens (tertiary/aromatic N) is 4. The van der Waals surface area contributed by atoms with Crippen LogP contribution in [-0.2, 0) is 67.1 Å². The van der Waals surface area contributed by atoms with Crippen LogP contribution in [-0.4, -0.2) is 155 Å². The Morgan fingerprint density at radius 2 is 1.30 bits per heavy atom. The van der Waals surface area contributed by atoms with Gasteiger partial charge in [-0.25, -0.2) is 4.79 Å². The minimum absolute atomic E-state index is 0.0260. The quantitative estimate of drug-likeness (QED) is 0.0666. The highest BCUT2D eigenvalue weighted by Crippen LogP contribution is 2.22. The van der Waals surface area contributed by atoms with Gasteiger partial charge in [-0.15, -0.1) is 5.06 Å². The van der Waals surface area contributed by atoms with Gasteiger partial charge in [0.05, 0.1) is 24.2 Å². The highest BCUT2D eigenvalue weighted by Gasteiger charge is 2.33. The van der Waals surface area contributed by atoms with Gasteiger partial charge >= 0.3 is 5.97 Å². The summed E-state index contributed by atoms with van der Waals surface area (Å²) in [5, 5.41) is 8.58. The number of hydroxylamine groups is 2. The van der Waals surface area contributed by atoms with E-state index in [2.05, 4.69) is 16.0 Å². The van der Waals surface area contributed by atoms with Crippen molar-refractivity contribution in [2.45, 2.75) is 122 Å². The maximum Gasteiger partial charge on any atom is 0.333 e. The highest BCUT2D eigenvalue weighted by molar-refractivity contribution is 6.13. The molecule has 0 spiro atoms. The first-order valence-electron chi connectivity index (χ1n) is 21.2. The number of carbonyl (C=O) groups is 11. The minimum atomic E-state index is -1.08. The number of hydrogen-bond acceptors (Lipinski definition) is 14. The number of nitrogens with one attached hydrogen (secondary N) is 3. The molecule has 21 heteroatoms. The molecule has 1 saturated heterocycles. The summed E-state index contributed by atoms with van der Waals surface area (Å²) in [6.07, 6.45) is 5.91. The summed E-state index contributed by atoms with van der Waals surface area (Å²) >= 11 is 0. The van der Waals surface area contributed by atoms with Crippen LogP contribution in [0.4, 0.5) is 0 Å². The van der Waals surface area contributed by atoms with Crippen molar-refractivity contribution in [2.75, 3.05) is 53.0 Å². The van der Waals surface area contributed by atoms with Crippen molar-refractivity contribution in [1.29, 1.82) is 0 Å². The highest BCUT2D eigenvalue weighted by atomic mass is 16.7. The van der Waals surface area contributed by atoms with Crippen molar-refractivity contribution in [3.8, 4) is 0 Å². The first kappa shape index (κ1) is 51.5. The molecule has 0 aliphatic carbocycles. The van der Waals surface area contributed by atoms with E-state index in [1.54, 1.807) is 7.11 Å². The van der Waals surface area contributed by atoms with Gasteiger partial charge in [-0.1, -0.05) is 6.92 Å². The Hall–Kier alpha value is -5.83. The molecule has 1 fully saturated rings. The van der Waals surface area contributed by atoms with Crippen LogP contribution in [0, 0.1) is 0 Å². The van der Waals surface area contributed by atoms with Crippen LogP contribution < -0.4 is 16.0 Å². The molecule has 21 nitrogen and oxygen atoms in total. The molecule has 0 saturated carbocycles. The molecule has 0 radical (unpaired) electrons. The topological polar surface area (TPSA) is 265 Å². The SMILES string of the molecule is CCC(C)(CCOC(C)(C)CC(=O)NCCCC[C@H](NC(=O)CCC(=O)N(CCN1C(=O)C=CC1=O)CCN1C(=O)C=CC1=O)C(=O)NCCCC(=O)ON1C(=O)CCC1=O)OC. The summed E-state index contributed by atoms with van der Waals surface area (Å²) in [7, 11) is 1.65. The molecular formula is C42H61N7O14. The molecule has 0 bridgehead atoms. The molecule has 10 amide bonds. The van der Waals surface area contributed by atoms with Crippen LogP contribution in [0.15, 0.2) is 24.3 Å². The molecule has 63 heavy (non-hydrogen) atoms. The third kappa shape index (κ3) is 17.1. The van der Waals surface area contributed by atoms with Crippen molar-refractivity contribution in [1.82, 2.24) is 35.7 Å². The second kappa shape index (κ2) is 24.7.